The Labute approximate surface area is 160 Å². The van der Waals surface area contributed by atoms with E-state index in [-0.39, 0.29) is 31.0 Å². The van der Waals surface area contributed by atoms with Gasteiger partial charge in [-0.25, -0.2) is 0 Å². The van der Waals surface area contributed by atoms with Gasteiger partial charge in [-0.2, -0.15) is 0 Å². The number of nitrogens with one attached hydrogen (secondary N) is 2. The van der Waals surface area contributed by atoms with E-state index in [1.807, 2.05) is 18.2 Å². The molecule has 0 radical (unpaired) electrons. The molecule has 2 heterocycles. The molecule has 0 aliphatic carbocycles. The number of amides is 2. The van der Waals surface area contributed by atoms with Crippen LogP contribution in [0.25, 0.3) is 0 Å². The van der Waals surface area contributed by atoms with Gasteiger partial charge in [0.05, 0.1) is 13.2 Å². The summed E-state index contributed by atoms with van der Waals surface area (Å²) in [5.41, 5.74) is 0. The van der Waals surface area contributed by atoms with Crippen LogP contribution in [-0.4, -0.2) is 68.8 Å². The molecule has 0 bridgehead atoms. The number of carbonyl (C=O) groups is 2. The Balaban J connectivity index is 1.26. The van der Waals surface area contributed by atoms with Gasteiger partial charge in [0.25, 0.3) is 5.91 Å². The van der Waals surface area contributed by atoms with E-state index in [9.17, 15) is 9.59 Å². The van der Waals surface area contributed by atoms with Crippen molar-refractivity contribution in [1.29, 1.82) is 0 Å². The van der Waals surface area contributed by atoms with Gasteiger partial charge < -0.3 is 25.0 Å². The van der Waals surface area contributed by atoms with Crippen molar-refractivity contribution in [3.05, 3.63) is 30.3 Å². The zero-order valence-electron chi connectivity index (χ0n) is 15.7. The minimum atomic E-state index is -0.303. The number of rotatable bonds is 8. The van der Waals surface area contributed by atoms with E-state index in [1.165, 1.54) is 0 Å². The Bertz CT molecular complexity index is 597. The van der Waals surface area contributed by atoms with Crippen molar-refractivity contribution < 1.29 is 19.1 Å². The molecule has 1 aromatic rings. The fourth-order valence-corrected chi connectivity index (χ4v) is 3.53. The van der Waals surface area contributed by atoms with Gasteiger partial charge in [-0.3, -0.25) is 9.59 Å². The number of benzene rings is 1. The molecule has 2 aliphatic heterocycles. The molecular formula is C20H29N3O4. The molecule has 1 unspecified atom stereocenters. The van der Waals surface area contributed by atoms with E-state index in [4.69, 9.17) is 9.47 Å². The van der Waals surface area contributed by atoms with Crippen molar-refractivity contribution in [3.63, 3.8) is 0 Å². The smallest absolute Gasteiger partial charge is 0.258 e. The Morgan fingerprint density at radius 3 is 2.59 bits per heavy atom. The van der Waals surface area contributed by atoms with Gasteiger partial charge in [-0.05, 0) is 37.3 Å². The third-order valence-corrected chi connectivity index (χ3v) is 5.05. The van der Waals surface area contributed by atoms with E-state index in [2.05, 4.69) is 15.5 Å². The lowest BCUT2D eigenvalue weighted by Gasteiger charge is -2.33. The van der Waals surface area contributed by atoms with Crippen molar-refractivity contribution in [2.45, 2.75) is 25.3 Å². The van der Waals surface area contributed by atoms with Crippen LogP contribution in [0.15, 0.2) is 30.3 Å². The second-order valence-electron chi connectivity index (χ2n) is 7.25. The summed E-state index contributed by atoms with van der Waals surface area (Å²) in [6.45, 7) is 4.75. The number of para-hydroxylation sites is 1. The maximum Gasteiger partial charge on any atom is 0.258 e. The summed E-state index contributed by atoms with van der Waals surface area (Å²) in [7, 11) is 0. The fourth-order valence-electron chi connectivity index (χ4n) is 3.53. The Hall–Kier alpha value is -2.12. The van der Waals surface area contributed by atoms with Crippen molar-refractivity contribution >= 4 is 11.8 Å². The quantitative estimate of drug-likeness (QED) is 0.703. The lowest BCUT2D eigenvalue weighted by Crippen LogP contribution is -2.48. The van der Waals surface area contributed by atoms with Gasteiger partial charge in [0.2, 0.25) is 5.91 Å². The highest BCUT2D eigenvalue weighted by molar-refractivity contribution is 5.85. The van der Waals surface area contributed by atoms with Crippen LogP contribution in [0.4, 0.5) is 0 Å². The molecule has 2 aliphatic rings. The Kier molecular flexibility index (Phi) is 7.47. The number of nitrogens with zero attached hydrogens (tertiary/aromatic N) is 1. The second-order valence-corrected chi connectivity index (χ2v) is 7.25. The molecule has 2 amide bonds. The average Bonchev–Trinajstić information content (AvgIpc) is 3.20. The molecular weight excluding hydrogens is 346 g/mol. The largest absolute Gasteiger partial charge is 0.484 e. The molecule has 0 saturated carbocycles. The number of hydrogen-bond donors (Lipinski definition) is 2. The number of piperidine rings is 1. The summed E-state index contributed by atoms with van der Waals surface area (Å²) in [5, 5.41) is 5.62. The fraction of sp³-hybridized carbons (Fsp3) is 0.600. The molecule has 2 saturated heterocycles. The lowest BCUT2D eigenvalue weighted by molar-refractivity contribution is -0.127. The number of likely N-dealkylation sites (tertiary alicyclic amines) is 1. The molecule has 7 nitrogen and oxygen atoms in total. The Morgan fingerprint density at radius 1 is 1.11 bits per heavy atom. The van der Waals surface area contributed by atoms with E-state index in [0.29, 0.717) is 11.7 Å². The third-order valence-electron chi connectivity index (χ3n) is 5.05. The van der Waals surface area contributed by atoms with Gasteiger partial charge >= 0.3 is 0 Å². The standard InChI is InChI=1S/C20H29N3O4/c24-19(12-21-20(25)15-27-18-4-2-1-3-5-18)22-17-6-9-23(10-7-17)13-16-8-11-26-14-16/h1-5,16-17H,6-15H2,(H,21,25)(H,22,24). The Morgan fingerprint density at radius 2 is 1.89 bits per heavy atom. The van der Waals surface area contributed by atoms with Gasteiger partial charge in [-0.1, -0.05) is 18.2 Å². The SMILES string of the molecule is O=C(COc1ccccc1)NCC(=O)NC1CCN(CC2CCOC2)CC1. The molecule has 0 aromatic heterocycles. The average molecular weight is 375 g/mol. The number of carbonyl (C=O) groups excluding carboxylic acids is 2. The summed E-state index contributed by atoms with van der Waals surface area (Å²) in [6.07, 6.45) is 3.05. The highest BCUT2D eigenvalue weighted by Gasteiger charge is 2.24. The van der Waals surface area contributed by atoms with E-state index in [1.54, 1.807) is 12.1 Å². The normalized spacial score (nSPS) is 21.0. The highest BCUT2D eigenvalue weighted by Crippen LogP contribution is 2.17. The highest BCUT2D eigenvalue weighted by atomic mass is 16.5. The first-order valence-electron chi connectivity index (χ1n) is 9.73. The zero-order valence-corrected chi connectivity index (χ0v) is 15.7. The minimum absolute atomic E-state index is 0.0173. The first-order chi connectivity index (χ1) is 13.2. The van der Waals surface area contributed by atoms with Crippen molar-refractivity contribution in [2.75, 3.05) is 46.0 Å². The topological polar surface area (TPSA) is 79.9 Å². The van der Waals surface area contributed by atoms with Crippen LogP contribution in [0.2, 0.25) is 0 Å². The molecule has 3 rings (SSSR count). The van der Waals surface area contributed by atoms with E-state index < -0.39 is 0 Å². The van der Waals surface area contributed by atoms with Gasteiger partial charge in [-0.15, -0.1) is 0 Å². The van der Waals surface area contributed by atoms with E-state index in [0.717, 1.165) is 52.1 Å². The molecule has 148 valence electrons. The summed E-state index contributed by atoms with van der Waals surface area (Å²) in [4.78, 5) is 26.3. The second kappa shape index (κ2) is 10.3. The maximum absolute atomic E-state index is 12.1. The molecule has 1 atom stereocenters. The summed E-state index contributed by atoms with van der Waals surface area (Å²) in [5.74, 6) is 0.839. The van der Waals surface area contributed by atoms with Gasteiger partial charge in [0.15, 0.2) is 6.61 Å². The monoisotopic (exact) mass is 375 g/mol. The molecule has 27 heavy (non-hydrogen) atoms. The van der Waals surface area contributed by atoms with Gasteiger partial charge in [0.1, 0.15) is 5.75 Å². The predicted octanol–water partition coefficient (Wildman–Crippen LogP) is 0.799. The predicted molar refractivity (Wildman–Crippen MR) is 101 cm³/mol. The zero-order chi connectivity index (χ0) is 18.9. The van der Waals surface area contributed by atoms with Crippen LogP contribution in [0.3, 0.4) is 0 Å². The number of hydrogen-bond acceptors (Lipinski definition) is 5. The van der Waals surface area contributed by atoms with Crippen molar-refractivity contribution in [2.24, 2.45) is 5.92 Å². The van der Waals surface area contributed by atoms with Gasteiger partial charge in [0, 0.05) is 32.3 Å². The lowest BCUT2D eigenvalue weighted by atomic mass is 10.0. The first kappa shape index (κ1) is 19.6. The molecule has 2 fully saturated rings. The van der Waals surface area contributed by atoms with Crippen molar-refractivity contribution in [1.82, 2.24) is 15.5 Å². The van der Waals surface area contributed by atoms with Crippen LogP contribution in [0.1, 0.15) is 19.3 Å². The van der Waals surface area contributed by atoms with Crippen LogP contribution in [-0.2, 0) is 14.3 Å². The van der Waals surface area contributed by atoms with Crippen LogP contribution >= 0.6 is 0 Å². The first-order valence-corrected chi connectivity index (χ1v) is 9.73. The minimum Gasteiger partial charge on any atom is -0.484 e. The molecule has 0 spiro atoms. The molecule has 1 aromatic carbocycles. The molecule has 7 heteroatoms. The summed E-state index contributed by atoms with van der Waals surface area (Å²) in [6, 6.07) is 9.32. The summed E-state index contributed by atoms with van der Waals surface area (Å²) < 4.78 is 10.8. The maximum atomic E-state index is 12.1. The third kappa shape index (κ3) is 6.84. The number of ether oxygens (including phenoxy) is 2. The van der Waals surface area contributed by atoms with E-state index >= 15 is 0 Å². The van der Waals surface area contributed by atoms with Crippen LogP contribution in [0.5, 0.6) is 5.75 Å². The molecule has 2 N–H and O–H groups in total. The van der Waals surface area contributed by atoms with Crippen LogP contribution in [0, 0.1) is 5.92 Å². The van der Waals surface area contributed by atoms with Crippen LogP contribution < -0.4 is 15.4 Å². The summed E-state index contributed by atoms with van der Waals surface area (Å²) >= 11 is 0. The van der Waals surface area contributed by atoms with Crippen molar-refractivity contribution in [3.8, 4) is 5.75 Å².